The highest BCUT2D eigenvalue weighted by Gasteiger charge is 2.38. The molecule has 0 radical (unpaired) electrons. The summed E-state index contributed by atoms with van der Waals surface area (Å²) in [6.45, 7) is 5.50. The van der Waals surface area contributed by atoms with E-state index in [-0.39, 0.29) is 16.6 Å². The number of rotatable bonds is 7. The van der Waals surface area contributed by atoms with Gasteiger partial charge in [-0.05, 0) is 74.0 Å². The van der Waals surface area contributed by atoms with E-state index >= 15 is 0 Å². The van der Waals surface area contributed by atoms with E-state index in [2.05, 4.69) is 11.0 Å². The Balaban J connectivity index is 1.99. The number of nitrogens with zero attached hydrogens (tertiary/aromatic N) is 1. The molecule has 176 valence electrons. The minimum atomic E-state index is -4.87. The predicted molar refractivity (Wildman–Crippen MR) is 114 cm³/mol. The van der Waals surface area contributed by atoms with Crippen molar-refractivity contribution in [1.82, 2.24) is 4.37 Å². The van der Waals surface area contributed by atoms with Crippen LogP contribution >= 0.6 is 23.1 Å². The lowest BCUT2D eigenvalue weighted by Crippen LogP contribution is -2.09. The standard InChI is InChI=1S/C23H17ClF7NS/c1-11(2)3-4-12-7-16(25)14(17(26)8-12)5-6-15-21(32-33-22(15)23(29,30)31)20-18(27)9-13(24)10-19(20)28/h7-10H,1,3-6H2,2H3. The first-order valence-corrected chi connectivity index (χ1v) is 10.9. The molecule has 0 saturated heterocycles. The summed E-state index contributed by atoms with van der Waals surface area (Å²) < 4.78 is 102. The first kappa shape index (κ1) is 25.2. The highest BCUT2D eigenvalue weighted by atomic mass is 35.5. The number of halogens is 8. The summed E-state index contributed by atoms with van der Waals surface area (Å²) in [5.41, 5.74) is -1.10. The predicted octanol–water partition coefficient (Wildman–Crippen LogP) is 8.33. The molecule has 0 aliphatic rings. The van der Waals surface area contributed by atoms with Crippen LogP contribution in [0.1, 0.15) is 34.9 Å². The zero-order valence-electron chi connectivity index (χ0n) is 17.2. The molecule has 0 aliphatic heterocycles. The highest BCUT2D eigenvalue weighted by molar-refractivity contribution is 7.06. The summed E-state index contributed by atoms with van der Waals surface area (Å²) >= 11 is 5.61. The monoisotopic (exact) mass is 507 g/mol. The molecule has 3 aromatic rings. The van der Waals surface area contributed by atoms with Gasteiger partial charge in [0.15, 0.2) is 0 Å². The van der Waals surface area contributed by atoms with Crippen molar-refractivity contribution in [2.24, 2.45) is 0 Å². The average molecular weight is 508 g/mol. The van der Waals surface area contributed by atoms with Gasteiger partial charge >= 0.3 is 6.18 Å². The number of benzene rings is 2. The number of aryl methyl sites for hydroxylation is 1. The van der Waals surface area contributed by atoms with Crippen molar-refractivity contribution in [2.45, 2.75) is 38.8 Å². The topological polar surface area (TPSA) is 12.9 Å². The number of hydrogen-bond acceptors (Lipinski definition) is 2. The number of hydrogen-bond donors (Lipinski definition) is 0. The summed E-state index contributed by atoms with van der Waals surface area (Å²) in [5, 5.41) is -0.280. The summed E-state index contributed by atoms with van der Waals surface area (Å²) in [6.07, 6.45) is -5.00. The fourth-order valence-corrected chi connectivity index (χ4v) is 4.36. The molecule has 0 spiro atoms. The van der Waals surface area contributed by atoms with Crippen LogP contribution in [0.25, 0.3) is 11.3 Å². The van der Waals surface area contributed by atoms with E-state index in [0.717, 1.165) is 29.8 Å². The summed E-state index contributed by atoms with van der Waals surface area (Å²) in [6, 6.07) is 3.74. The van der Waals surface area contributed by atoms with Gasteiger partial charge in [0.1, 0.15) is 28.1 Å². The third-order valence-corrected chi connectivity index (χ3v) is 6.11. The Kier molecular flexibility index (Phi) is 7.53. The van der Waals surface area contributed by atoms with Crippen LogP contribution in [-0.4, -0.2) is 4.37 Å². The second-order valence-corrected chi connectivity index (χ2v) is 8.79. The van der Waals surface area contributed by atoms with E-state index in [1.54, 1.807) is 6.92 Å². The lowest BCUT2D eigenvalue weighted by Gasteiger charge is -2.12. The second-order valence-electron chi connectivity index (χ2n) is 7.58. The Morgan fingerprint density at radius 2 is 1.45 bits per heavy atom. The SMILES string of the molecule is C=C(C)CCc1cc(F)c(CCc2c(-c3c(F)cc(Cl)cc3F)nsc2C(F)(F)F)c(F)c1. The smallest absolute Gasteiger partial charge is 0.207 e. The Morgan fingerprint density at radius 1 is 0.909 bits per heavy atom. The molecule has 1 aromatic heterocycles. The Morgan fingerprint density at radius 3 is 1.97 bits per heavy atom. The van der Waals surface area contributed by atoms with E-state index in [1.165, 1.54) is 0 Å². The molecule has 1 nitrogen and oxygen atoms in total. The fourth-order valence-electron chi connectivity index (χ4n) is 3.38. The number of allylic oxidation sites excluding steroid dienone is 1. The van der Waals surface area contributed by atoms with E-state index in [9.17, 15) is 30.7 Å². The van der Waals surface area contributed by atoms with Crippen LogP contribution < -0.4 is 0 Å². The molecule has 0 aliphatic carbocycles. The molecular weight excluding hydrogens is 491 g/mol. The van der Waals surface area contributed by atoms with E-state index in [0.29, 0.717) is 18.4 Å². The van der Waals surface area contributed by atoms with Gasteiger partial charge in [0.25, 0.3) is 0 Å². The molecule has 2 aromatic carbocycles. The minimum absolute atomic E-state index is 0.0177. The molecule has 10 heteroatoms. The van der Waals surface area contributed by atoms with Crippen molar-refractivity contribution in [2.75, 3.05) is 0 Å². The Labute approximate surface area is 194 Å². The van der Waals surface area contributed by atoms with Gasteiger partial charge in [-0.15, -0.1) is 6.58 Å². The van der Waals surface area contributed by atoms with Crippen molar-refractivity contribution >= 4 is 23.1 Å². The van der Waals surface area contributed by atoms with Crippen molar-refractivity contribution in [3.8, 4) is 11.3 Å². The normalized spacial score (nSPS) is 11.8. The van der Waals surface area contributed by atoms with Gasteiger partial charge in [-0.1, -0.05) is 17.2 Å². The maximum atomic E-state index is 14.6. The average Bonchev–Trinajstić information content (AvgIpc) is 3.09. The van der Waals surface area contributed by atoms with E-state index in [4.69, 9.17) is 11.6 Å². The zero-order chi connectivity index (χ0) is 24.5. The molecule has 1 heterocycles. The molecule has 0 amide bonds. The molecule has 3 rings (SSSR count). The number of alkyl halides is 3. The van der Waals surface area contributed by atoms with Gasteiger partial charge in [-0.25, -0.2) is 17.6 Å². The molecular formula is C23H17ClF7NS. The summed E-state index contributed by atoms with van der Waals surface area (Å²) in [7, 11) is 0. The zero-order valence-corrected chi connectivity index (χ0v) is 18.8. The van der Waals surface area contributed by atoms with Gasteiger partial charge in [0.2, 0.25) is 0 Å². The van der Waals surface area contributed by atoms with Gasteiger partial charge in [-0.2, -0.15) is 17.5 Å². The van der Waals surface area contributed by atoms with Crippen LogP contribution in [-0.2, 0) is 25.4 Å². The van der Waals surface area contributed by atoms with Gasteiger partial charge < -0.3 is 0 Å². The molecule has 0 atom stereocenters. The summed E-state index contributed by atoms with van der Waals surface area (Å²) in [5.74, 6) is -4.21. The molecule has 0 unspecified atom stereocenters. The highest BCUT2D eigenvalue weighted by Crippen LogP contribution is 2.42. The minimum Gasteiger partial charge on any atom is -0.207 e. The Hall–Kier alpha value is -2.39. The van der Waals surface area contributed by atoms with E-state index in [1.807, 2.05) is 0 Å². The maximum absolute atomic E-state index is 14.6. The number of aromatic nitrogens is 1. The van der Waals surface area contributed by atoms with Crippen molar-refractivity contribution < 1.29 is 30.7 Å². The van der Waals surface area contributed by atoms with Crippen LogP contribution in [0.2, 0.25) is 5.02 Å². The second kappa shape index (κ2) is 9.85. The van der Waals surface area contributed by atoms with Crippen LogP contribution in [0.3, 0.4) is 0 Å². The lowest BCUT2D eigenvalue weighted by molar-refractivity contribution is -0.134. The first-order chi connectivity index (χ1) is 15.4. The lowest BCUT2D eigenvalue weighted by atomic mass is 9.96. The molecule has 0 saturated carbocycles. The van der Waals surface area contributed by atoms with Crippen molar-refractivity contribution in [1.29, 1.82) is 0 Å². The third-order valence-electron chi connectivity index (χ3n) is 4.96. The van der Waals surface area contributed by atoms with Crippen molar-refractivity contribution in [3.05, 3.63) is 86.3 Å². The molecule has 33 heavy (non-hydrogen) atoms. The van der Waals surface area contributed by atoms with Gasteiger partial charge in [0, 0.05) is 16.1 Å². The third kappa shape index (κ3) is 5.76. The van der Waals surface area contributed by atoms with Crippen LogP contribution in [0.15, 0.2) is 36.4 Å². The molecule has 0 bridgehead atoms. The quantitative estimate of drug-likeness (QED) is 0.231. The maximum Gasteiger partial charge on any atom is 0.427 e. The van der Waals surface area contributed by atoms with Gasteiger partial charge in [0.05, 0.1) is 11.3 Å². The molecule has 0 fully saturated rings. The fraction of sp³-hybridized carbons (Fsp3) is 0.261. The summed E-state index contributed by atoms with van der Waals surface area (Å²) in [4.78, 5) is -1.19. The van der Waals surface area contributed by atoms with E-state index < -0.39 is 69.5 Å². The van der Waals surface area contributed by atoms with Crippen molar-refractivity contribution in [3.63, 3.8) is 0 Å². The Bertz CT molecular complexity index is 1150. The van der Waals surface area contributed by atoms with Gasteiger partial charge in [-0.3, -0.25) is 0 Å². The molecule has 0 N–H and O–H groups in total. The van der Waals surface area contributed by atoms with Crippen LogP contribution in [0.5, 0.6) is 0 Å². The largest absolute Gasteiger partial charge is 0.427 e. The van der Waals surface area contributed by atoms with Crippen LogP contribution in [0, 0.1) is 23.3 Å². The van der Waals surface area contributed by atoms with Crippen LogP contribution in [0.4, 0.5) is 30.7 Å². The first-order valence-electron chi connectivity index (χ1n) is 9.70.